The van der Waals surface area contributed by atoms with Crippen molar-refractivity contribution in [1.82, 2.24) is 34.4 Å². The topological polar surface area (TPSA) is 122 Å². The quantitative estimate of drug-likeness (QED) is 0.586. The van der Waals surface area contributed by atoms with E-state index in [0.29, 0.717) is 35.3 Å². The van der Waals surface area contributed by atoms with Gasteiger partial charge in [0.1, 0.15) is 6.04 Å². The van der Waals surface area contributed by atoms with Crippen molar-refractivity contribution in [2.24, 2.45) is 5.41 Å². The molecule has 3 aromatic rings. The number of furan rings is 1. The highest BCUT2D eigenvalue weighted by Crippen LogP contribution is 2.38. The van der Waals surface area contributed by atoms with Crippen LogP contribution in [0.2, 0.25) is 0 Å². The standard InChI is InChI=1S/C24H33N9O2/c1-24(8-2-3-9-24)16-30-11-13-31(14-12-30)20(34)17-6-4-10-32(17)22-27-21(25)33-23(28-22)26-19(29-33)18-7-5-15-35-18/h5,7,15,17H,2-4,6,8-14,16H2,1H3,(H2,25,26,27,28,29)/t17-/m0/s1. The largest absolute Gasteiger partial charge is 0.461 e. The van der Waals surface area contributed by atoms with Crippen LogP contribution >= 0.6 is 0 Å². The molecule has 5 heterocycles. The van der Waals surface area contributed by atoms with E-state index in [1.807, 2.05) is 9.80 Å². The molecular formula is C24H33N9O2. The number of nitrogens with zero attached hydrogens (tertiary/aromatic N) is 8. The molecule has 2 N–H and O–H groups in total. The first-order valence-corrected chi connectivity index (χ1v) is 12.7. The molecule has 0 bridgehead atoms. The smallest absolute Gasteiger partial charge is 0.259 e. The first kappa shape index (κ1) is 22.3. The zero-order valence-corrected chi connectivity index (χ0v) is 20.3. The maximum Gasteiger partial charge on any atom is 0.259 e. The van der Waals surface area contributed by atoms with Crippen molar-refractivity contribution < 1.29 is 9.21 Å². The van der Waals surface area contributed by atoms with Crippen LogP contribution in [0.4, 0.5) is 11.9 Å². The summed E-state index contributed by atoms with van der Waals surface area (Å²) in [6.07, 6.45) is 8.62. The Hall–Kier alpha value is -3.21. The van der Waals surface area contributed by atoms with E-state index in [4.69, 9.17) is 10.2 Å². The van der Waals surface area contributed by atoms with Gasteiger partial charge in [0, 0.05) is 39.3 Å². The van der Waals surface area contributed by atoms with Gasteiger partial charge in [-0.3, -0.25) is 9.69 Å². The van der Waals surface area contributed by atoms with Gasteiger partial charge in [0.15, 0.2) is 5.76 Å². The van der Waals surface area contributed by atoms with Crippen molar-refractivity contribution in [2.75, 3.05) is 49.9 Å². The maximum absolute atomic E-state index is 13.5. The molecule has 0 spiro atoms. The summed E-state index contributed by atoms with van der Waals surface area (Å²) in [5.74, 6) is 2.04. The highest BCUT2D eigenvalue weighted by molar-refractivity contribution is 5.85. The van der Waals surface area contributed by atoms with Crippen LogP contribution in [0.5, 0.6) is 0 Å². The van der Waals surface area contributed by atoms with Crippen molar-refractivity contribution in [2.45, 2.75) is 51.5 Å². The summed E-state index contributed by atoms with van der Waals surface area (Å²) in [5.41, 5.74) is 6.65. The molecule has 186 valence electrons. The van der Waals surface area contributed by atoms with Crippen LogP contribution in [0, 0.1) is 5.41 Å². The van der Waals surface area contributed by atoms with Crippen LogP contribution in [0.3, 0.4) is 0 Å². The number of aromatic nitrogens is 5. The molecule has 1 amide bonds. The third-order valence-electron chi connectivity index (χ3n) is 7.86. The Morgan fingerprint density at radius 2 is 1.91 bits per heavy atom. The Morgan fingerprint density at radius 1 is 1.11 bits per heavy atom. The van der Waals surface area contributed by atoms with Gasteiger partial charge in [-0.1, -0.05) is 19.8 Å². The van der Waals surface area contributed by atoms with Crippen molar-refractivity contribution in [3.63, 3.8) is 0 Å². The summed E-state index contributed by atoms with van der Waals surface area (Å²) < 4.78 is 6.79. The van der Waals surface area contributed by atoms with Gasteiger partial charge in [-0.15, -0.1) is 5.10 Å². The second kappa shape index (κ2) is 8.78. The number of hydrogen-bond donors (Lipinski definition) is 1. The van der Waals surface area contributed by atoms with E-state index in [-0.39, 0.29) is 17.9 Å². The molecule has 2 aliphatic heterocycles. The Kier molecular flexibility index (Phi) is 5.58. The number of piperazine rings is 1. The molecular weight excluding hydrogens is 446 g/mol. The minimum absolute atomic E-state index is 0.161. The number of nitrogen functional groups attached to an aromatic ring is 1. The van der Waals surface area contributed by atoms with Gasteiger partial charge in [-0.05, 0) is 43.2 Å². The predicted octanol–water partition coefficient (Wildman–Crippen LogP) is 2.05. The molecule has 3 fully saturated rings. The van der Waals surface area contributed by atoms with Crippen molar-refractivity contribution in [3.05, 3.63) is 18.4 Å². The normalized spacial score (nSPS) is 22.9. The highest BCUT2D eigenvalue weighted by Gasteiger charge is 2.38. The number of rotatable bonds is 5. The first-order chi connectivity index (χ1) is 17.0. The zero-order chi connectivity index (χ0) is 24.0. The molecule has 1 aliphatic carbocycles. The van der Waals surface area contributed by atoms with Crippen LogP contribution < -0.4 is 10.6 Å². The van der Waals surface area contributed by atoms with E-state index in [9.17, 15) is 4.79 Å². The summed E-state index contributed by atoms with van der Waals surface area (Å²) in [4.78, 5) is 33.6. The highest BCUT2D eigenvalue weighted by atomic mass is 16.3. The molecule has 1 atom stereocenters. The van der Waals surface area contributed by atoms with Gasteiger partial charge in [0.05, 0.1) is 6.26 Å². The van der Waals surface area contributed by atoms with E-state index in [0.717, 1.165) is 45.6 Å². The van der Waals surface area contributed by atoms with Crippen LogP contribution in [-0.4, -0.2) is 85.6 Å². The first-order valence-electron chi connectivity index (χ1n) is 12.7. The number of carbonyl (C=O) groups excluding carboxylic acids is 1. The summed E-state index contributed by atoms with van der Waals surface area (Å²) >= 11 is 0. The lowest BCUT2D eigenvalue weighted by Gasteiger charge is -2.40. The van der Waals surface area contributed by atoms with E-state index < -0.39 is 0 Å². The summed E-state index contributed by atoms with van der Waals surface area (Å²) in [6, 6.07) is 3.28. The Labute approximate surface area is 204 Å². The number of nitrogens with two attached hydrogens (primary N) is 1. The van der Waals surface area contributed by atoms with Crippen molar-refractivity contribution >= 4 is 23.6 Å². The second-order valence-corrected chi connectivity index (χ2v) is 10.5. The molecule has 11 heteroatoms. The van der Waals surface area contributed by atoms with Crippen molar-refractivity contribution in [1.29, 1.82) is 0 Å². The molecule has 0 unspecified atom stereocenters. The van der Waals surface area contributed by atoms with Gasteiger partial charge >= 0.3 is 0 Å². The summed E-state index contributed by atoms with van der Waals surface area (Å²) in [6.45, 7) is 7.72. The van der Waals surface area contributed by atoms with Gasteiger partial charge < -0.3 is 20.0 Å². The SMILES string of the molecule is CC1(CN2CCN(C(=O)[C@@H]3CCCN3c3nc(N)n4nc(-c5ccco5)nc4n3)CC2)CCCC1. The second-order valence-electron chi connectivity index (χ2n) is 10.5. The van der Waals surface area contributed by atoms with Crippen LogP contribution in [0.15, 0.2) is 22.8 Å². The molecule has 35 heavy (non-hydrogen) atoms. The molecule has 0 aromatic carbocycles. The van der Waals surface area contributed by atoms with E-state index in [1.165, 1.54) is 30.2 Å². The number of fused-ring (bicyclic) bond motifs is 1. The van der Waals surface area contributed by atoms with Gasteiger partial charge in [-0.25, -0.2) is 0 Å². The van der Waals surface area contributed by atoms with Crippen LogP contribution in [-0.2, 0) is 4.79 Å². The van der Waals surface area contributed by atoms with Crippen LogP contribution in [0.25, 0.3) is 17.4 Å². The molecule has 6 rings (SSSR count). The lowest BCUT2D eigenvalue weighted by Crippen LogP contribution is -2.55. The van der Waals surface area contributed by atoms with Gasteiger partial charge in [0.2, 0.25) is 23.6 Å². The molecule has 11 nitrogen and oxygen atoms in total. The number of hydrogen-bond acceptors (Lipinski definition) is 9. The molecule has 1 saturated carbocycles. The lowest BCUT2D eigenvalue weighted by atomic mass is 9.88. The molecule has 3 aliphatic rings. The Bertz CT molecular complexity index is 1190. The number of carbonyl (C=O) groups is 1. The molecule has 0 radical (unpaired) electrons. The average Bonchev–Trinajstić information content (AvgIpc) is 3.65. The monoisotopic (exact) mass is 479 g/mol. The predicted molar refractivity (Wildman–Crippen MR) is 131 cm³/mol. The van der Waals surface area contributed by atoms with Crippen LogP contribution in [0.1, 0.15) is 45.4 Å². The molecule has 2 saturated heterocycles. The molecule has 3 aromatic heterocycles. The third-order valence-corrected chi connectivity index (χ3v) is 7.86. The van der Waals surface area contributed by atoms with Gasteiger partial charge in [-0.2, -0.15) is 19.5 Å². The Morgan fingerprint density at radius 3 is 2.66 bits per heavy atom. The lowest BCUT2D eigenvalue weighted by molar-refractivity contribution is -0.134. The third kappa shape index (κ3) is 4.22. The minimum atomic E-state index is -0.275. The van der Waals surface area contributed by atoms with E-state index >= 15 is 0 Å². The van der Waals surface area contributed by atoms with E-state index in [1.54, 1.807) is 18.4 Å². The number of anilines is 2. The Balaban J connectivity index is 1.15. The summed E-state index contributed by atoms with van der Waals surface area (Å²) in [5, 5.41) is 4.36. The zero-order valence-electron chi connectivity index (χ0n) is 20.3. The number of amides is 1. The average molecular weight is 480 g/mol. The summed E-state index contributed by atoms with van der Waals surface area (Å²) in [7, 11) is 0. The van der Waals surface area contributed by atoms with Gasteiger partial charge in [0.25, 0.3) is 5.78 Å². The van der Waals surface area contributed by atoms with Crippen molar-refractivity contribution in [3.8, 4) is 11.6 Å². The maximum atomic E-state index is 13.5. The fourth-order valence-electron chi connectivity index (χ4n) is 5.96. The fourth-order valence-corrected chi connectivity index (χ4v) is 5.96. The minimum Gasteiger partial charge on any atom is -0.461 e. The van der Waals surface area contributed by atoms with E-state index in [2.05, 4.69) is 31.9 Å². The fraction of sp³-hybridized carbons (Fsp3) is 0.625.